The molecule has 6 aromatic carbocycles. The van der Waals surface area contributed by atoms with Gasteiger partial charge in [-0.2, -0.15) is 0 Å². The first-order valence-corrected chi connectivity index (χ1v) is 22.2. The van der Waals surface area contributed by atoms with Gasteiger partial charge in [0.05, 0.1) is 5.69 Å². The molecule has 0 radical (unpaired) electrons. The van der Waals surface area contributed by atoms with Crippen molar-refractivity contribution < 1.29 is 4.42 Å². The molecule has 308 valence electrons. The van der Waals surface area contributed by atoms with Crippen molar-refractivity contribution >= 4 is 39.0 Å². The van der Waals surface area contributed by atoms with Gasteiger partial charge in [0.25, 0.3) is 0 Å². The van der Waals surface area contributed by atoms with Crippen LogP contribution in [0.2, 0.25) is 0 Å². The fourth-order valence-electron chi connectivity index (χ4n) is 10.4. The van der Waals surface area contributed by atoms with Crippen molar-refractivity contribution in [1.82, 2.24) is 0 Å². The highest BCUT2D eigenvalue weighted by molar-refractivity contribution is 6.13. The molecule has 0 saturated heterocycles. The van der Waals surface area contributed by atoms with E-state index < -0.39 is 0 Å². The van der Waals surface area contributed by atoms with Crippen LogP contribution in [0, 0.1) is 0 Å². The maximum atomic E-state index is 7.33. The van der Waals surface area contributed by atoms with E-state index in [9.17, 15) is 0 Å². The SMILES string of the molecule is CC(C)(C)c1cc(C(C)(C)C)c2c(c1)oc1c(N(c3ccc4c(c3)C(C)(C)c3ccccc3-4)c3ccc4c(c3)C(C)(C)c3cccc(C(C)(C)C)c3-4)cc(C(C)(C)C)cc12. The number of anilines is 3. The second kappa shape index (κ2) is 12.7. The summed E-state index contributed by atoms with van der Waals surface area (Å²) in [5.74, 6) is 0. The molecule has 0 amide bonds. The summed E-state index contributed by atoms with van der Waals surface area (Å²) in [4.78, 5) is 2.52. The number of nitrogens with zero attached hydrogens (tertiary/aromatic N) is 1. The molecular formula is C58H65NO. The van der Waals surface area contributed by atoms with E-state index in [0.29, 0.717) is 0 Å². The number of benzene rings is 6. The van der Waals surface area contributed by atoms with Gasteiger partial charge in [-0.15, -0.1) is 0 Å². The van der Waals surface area contributed by atoms with Crippen molar-refractivity contribution in [1.29, 1.82) is 0 Å². The van der Waals surface area contributed by atoms with Crippen molar-refractivity contribution in [2.75, 3.05) is 4.90 Å². The Morgan fingerprint density at radius 3 is 1.60 bits per heavy atom. The molecule has 1 aromatic heterocycles. The zero-order valence-electron chi connectivity index (χ0n) is 39.2. The smallest absolute Gasteiger partial charge is 0.159 e. The van der Waals surface area contributed by atoms with E-state index in [1.54, 1.807) is 0 Å². The highest BCUT2D eigenvalue weighted by Gasteiger charge is 2.40. The van der Waals surface area contributed by atoms with Crippen LogP contribution in [-0.4, -0.2) is 0 Å². The van der Waals surface area contributed by atoms with E-state index in [0.717, 1.165) is 28.2 Å². The minimum absolute atomic E-state index is 0.0155. The minimum Gasteiger partial charge on any atom is -0.454 e. The molecule has 0 unspecified atom stereocenters. The molecular weight excluding hydrogens is 727 g/mol. The Morgan fingerprint density at radius 1 is 0.450 bits per heavy atom. The lowest BCUT2D eigenvalue weighted by atomic mass is 9.78. The third-order valence-corrected chi connectivity index (χ3v) is 14.0. The summed E-state index contributed by atoms with van der Waals surface area (Å²) in [6, 6.07) is 40.0. The molecule has 2 aliphatic rings. The molecule has 0 atom stereocenters. The Hall–Kier alpha value is -5.08. The van der Waals surface area contributed by atoms with Gasteiger partial charge in [0.1, 0.15) is 5.58 Å². The molecule has 0 saturated carbocycles. The third kappa shape index (κ3) is 6.02. The Kier molecular flexibility index (Phi) is 8.56. The van der Waals surface area contributed by atoms with E-state index >= 15 is 0 Å². The number of hydrogen-bond acceptors (Lipinski definition) is 2. The zero-order valence-corrected chi connectivity index (χ0v) is 39.2. The highest BCUT2D eigenvalue weighted by atomic mass is 16.3. The summed E-state index contributed by atoms with van der Waals surface area (Å²) in [6.07, 6.45) is 0. The molecule has 2 nitrogen and oxygen atoms in total. The molecule has 2 aliphatic carbocycles. The van der Waals surface area contributed by atoms with Crippen molar-refractivity contribution in [2.45, 2.75) is 143 Å². The summed E-state index contributed by atoms with van der Waals surface area (Å²) in [5.41, 5.74) is 20.9. The maximum absolute atomic E-state index is 7.33. The van der Waals surface area contributed by atoms with Gasteiger partial charge in [0.2, 0.25) is 0 Å². The van der Waals surface area contributed by atoms with E-state index in [4.69, 9.17) is 4.42 Å². The Balaban J connectivity index is 1.39. The van der Waals surface area contributed by atoms with Crippen LogP contribution in [-0.2, 0) is 32.5 Å². The molecule has 0 N–H and O–H groups in total. The summed E-state index contributed by atoms with van der Waals surface area (Å²) in [7, 11) is 0. The van der Waals surface area contributed by atoms with E-state index in [1.165, 1.54) is 77.5 Å². The van der Waals surface area contributed by atoms with Gasteiger partial charge in [0.15, 0.2) is 5.58 Å². The van der Waals surface area contributed by atoms with Crippen molar-refractivity contribution in [3.63, 3.8) is 0 Å². The van der Waals surface area contributed by atoms with Crippen LogP contribution in [0.1, 0.15) is 155 Å². The standard InChI is InChI=1S/C58H65NO/c1-53(2,3)34-28-41-51-47(56(10,11)12)29-35(54(4,5)6)31-49(51)60-52(41)48(30-34)59(36-24-26-39-38-20-17-18-21-42(38)57(13,14)45(39)32-36)37-25-27-40-46(33-37)58(15,16)44-23-19-22-43(50(40)44)55(7,8)9/h17-33H,1-16H3. The van der Waals surface area contributed by atoms with Gasteiger partial charge in [-0.25, -0.2) is 0 Å². The average molecular weight is 792 g/mol. The van der Waals surface area contributed by atoms with Crippen molar-refractivity contribution in [2.24, 2.45) is 0 Å². The van der Waals surface area contributed by atoms with Crippen molar-refractivity contribution in [3.05, 3.63) is 148 Å². The minimum atomic E-state index is -0.178. The predicted octanol–water partition coefficient (Wildman–Crippen LogP) is 16.9. The lowest BCUT2D eigenvalue weighted by Gasteiger charge is -2.31. The van der Waals surface area contributed by atoms with Gasteiger partial charge in [-0.3, -0.25) is 0 Å². The first-order chi connectivity index (χ1) is 27.8. The fourth-order valence-corrected chi connectivity index (χ4v) is 10.4. The zero-order chi connectivity index (χ0) is 43.3. The Morgan fingerprint density at radius 2 is 0.983 bits per heavy atom. The van der Waals surface area contributed by atoms with E-state index in [1.807, 2.05) is 0 Å². The van der Waals surface area contributed by atoms with E-state index in [-0.39, 0.29) is 32.5 Å². The Bertz CT molecular complexity index is 2900. The normalized spacial score (nSPS) is 15.6. The second-order valence-corrected chi connectivity index (χ2v) is 23.2. The summed E-state index contributed by atoms with van der Waals surface area (Å²) < 4.78 is 7.33. The summed E-state index contributed by atoms with van der Waals surface area (Å²) >= 11 is 0. The largest absolute Gasteiger partial charge is 0.454 e. The molecule has 2 heteroatoms. The average Bonchev–Trinajstić information content (AvgIpc) is 3.73. The molecule has 1 heterocycles. The van der Waals surface area contributed by atoms with Gasteiger partial charge in [0, 0.05) is 33.0 Å². The molecule has 0 spiro atoms. The van der Waals surface area contributed by atoms with Crippen LogP contribution in [0.15, 0.2) is 108 Å². The fraction of sp³-hybridized carbons (Fsp3) is 0.379. The van der Waals surface area contributed by atoms with Gasteiger partial charge >= 0.3 is 0 Å². The number of hydrogen-bond donors (Lipinski definition) is 0. The lowest BCUT2D eigenvalue weighted by molar-refractivity contribution is 0.569. The molecule has 0 aliphatic heterocycles. The quantitative estimate of drug-likeness (QED) is 0.177. The topological polar surface area (TPSA) is 16.4 Å². The first kappa shape index (κ1) is 40.3. The van der Waals surface area contributed by atoms with Crippen LogP contribution < -0.4 is 4.90 Å². The van der Waals surface area contributed by atoms with Crippen LogP contribution in [0.4, 0.5) is 17.1 Å². The second-order valence-electron chi connectivity index (χ2n) is 23.2. The van der Waals surface area contributed by atoms with Crippen LogP contribution >= 0.6 is 0 Å². The maximum Gasteiger partial charge on any atom is 0.159 e. The summed E-state index contributed by atoms with van der Waals surface area (Å²) in [5, 5.41) is 2.41. The van der Waals surface area contributed by atoms with Crippen molar-refractivity contribution in [3.8, 4) is 22.3 Å². The number of fused-ring (bicyclic) bond motifs is 9. The van der Waals surface area contributed by atoms with Crippen LogP contribution in [0.25, 0.3) is 44.2 Å². The monoisotopic (exact) mass is 792 g/mol. The summed E-state index contributed by atoms with van der Waals surface area (Å²) in [6.45, 7) is 37.6. The number of furan rings is 1. The lowest BCUT2D eigenvalue weighted by Crippen LogP contribution is -2.19. The molecule has 7 aromatic rings. The van der Waals surface area contributed by atoms with Gasteiger partial charge in [-0.05, 0) is 131 Å². The van der Waals surface area contributed by atoms with Gasteiger partial charge < -0.3 is 9.32 Å². The molecule has 0 bridgehead atoms. The predicted molar refractivity (Wildman–Crippen MR) is 258 cm³/mol. The molecule has 0 fully saturated rings. The van der Waals surface area contributed by atoms with Crippen LogP contribution in [0.3, 0.4) is 0 Å². The molecule has 9 rings (SSSR count). The van der Waals surface area contributed by atoms with E-state index in [2.05, 4.69) is 219 Å². The first-order valence-electron chi connectivity index (χ1n) is 22.2. The number of rotatable bonds is 3. The highest BCUT2D eigenvalue weighted by Crippen LogP contribution is 2.56. The Labute approximate surface area is 360 Å². The van der Waals surface area contributed by atoms with Gasteiger partial charge in [-0.1, -0.05) is 171 Å². The third-order valence-electron chi connectivity index (χ3n) is 14.0. The van der Waals surface area contributed by atoms with Crippen LogP contribution in [0.5, 0.6) is 0 Å². The molecule has 60 heavy (non-hydrogen) atoms.